The van der Waals surface area contributed by atoms with Gasteiger partial charge in [-0.15, -0.1) is 0 Å². The molecule has 3 fully saturated rings. The predicted molar refractivity (Wildman–Crippen MR) is 449 cm³/mol. The average Bonchev–Trinajstić information content (AvgIpc) is 0.754. The molecule has 3 aliphatic rings. The fraction of sp³-hybridized carbons (Fsp3) is 0.911. The highest BCUT2D eigenvalue weighted by molar-refractivity contribution is 7.47. The normalized spacial score (nSPS) is 25.2. The van der Waals surface area contributed by atoms with Crippen molar-refractivity contribution >= 4 is 31.7 Å². The van der Waals surface area contributed by atoms with Crippen LogP contribution in [0, 0.1) is 0 Å². The van der Waals surface area contributed by atoms with E-state index < -0.39 is 162 Å². The highest BCUT2D eigenvalue weighted by Crippen LogP contribution is 2.49. The van der Waals surface area contributed by atoms with Crippen molar-refractivity contribution in [2.24, 2.45) is 0 Å². The number of carbonyl (C=O) groups is 4. The van der Waals surface area contributed by atoms with Gasteiger partial charge in [0.1, 0.15) is 92.6 Å². The number of aliphatic hydroxyl groups is 9. The van der Waals surface area contributed by atoms with Crippen molar-refractivity contribution in [2.75, 3.05) is 26.4 Å². The minimum Gasteiger partial charge on any atom is -0.463 e. The van der Waals surface area contributed by atoms with Crippen LogP contribution in [0.4, 0.5) is 0 Å². The maximum atomic E-state index is 14.9. The molecule has 116 heavy (non-hydrogen) atoms. The molecule has 0 amide bonds. The summed E-state index contributed by atoms with van der Waals surface area (Å²) in [5.74, 6) is -2.99. The summed E-state index contributed by atoms with van der Waals surface area (Å²) in [5.41, 5.74) is 0. The largest absolute Gasteiger partial charge is 0.472 e. The van der Waals surface area contributed by atoms with Crippen molar-refractivity contribution in [1.29, 1.82) is 0 Å². The standard InChI is InChI=1S/C90H165O25P/c1-5-9-13-17-21-25-29-33-35-37-41-45-49-53-57-61-65-76(95)112-85-81(100)82(101)86(113-89-83(102)79(98)77(96)71(66-91)110-89)88(87(85)114-90-84(103)80(99)78(97)72(111-90)69-107-74(93)63-59-55-51-47-43-39-32-28-24-20-16-12-8-4)115-116(104,105)108-68-70(67-106-73(92)62-58-54-50-46-42-38-31-27-23-19-15-11-7-3)109-75(94)64-60-56-52-48-44-40-36-34-30-26-22-18-14-10-6-2/h38-39,42-43,70-72,77-91,96-103H,5-37,40-41,44-69H2,1-4H3,(H,104,105)/b42-38-,43-39-. The van der Waals surface area contributed by atoms with E-state index in [-0.39, 0.29) is 25.7 Å². The van der Waals surface area contributed by atoms with Gasteiger partial charge in [-0.05, 0) is 77.0 Å². The number of aliphatic hydroxyl groups excluding tert-OH is 9. The molecule has 0 spiro atoms. The molecular weight excluding hydrogens is 1510 g/mol. The Morgan fingerprint density at radius 3 is 1.03 bits per heavy atom. The number of allylic oxidation sites excluding steroid dienone is 4. The number of phosphoric acid groups is 1. The average molecular weight is 1680 g/mol. The van der Waals surface area contributed by atoms with E-state index in [0.29, 0.717) is 38.5 Å². The fourth-order valence-electron chi connectivity index (χ4n) is 15.2. The first kappa shape index (κ1) is 107. The third-order valence-electron chi connectivity index (χ3n) is 22.7. The summed E-state index contributed by atoms with van der Waals surface area (Å²) < 4.78 is 73.3. The number of carbonyl (C=O) groups excluding carboxylic acids is 4. The van der Waals surface area contributed by atoms with Crippen molar-refractivity contribution in [3.63, 3.8) is 0 Å². The Morgan fingerprint density at radius 2 is 0.647 bits per heavy atom. The van der Waals surface area contributed by atoms with E-state index in [2.05, 4.69) is 52.0 Å². The summed E-state index contributed by atoms with van der Waals surface area (Å²) in [6.45, 7) is 5.56. The molecule has 2 aliphatic heterocycles. The van der Waals surface area contributed by atoms with Crippen LogP contribution in [0.15, 0.2) is 24.3 Å². The number of ether oxygens (including phenoxy) is 8. The number of esters is 4. The van der Waals surface area contributed by atoms with Crippen molar-refractivity contribution in [2.45, 2.75) is 498 Å². The number of phosphoric ester groups is 1. The molecule has 18 atom stereocenters. The van der Waals surface area contributed by atoms with Gasteiger partial charge < -0.3 is 88.7 Å². The van der Waals surface area contributed by atoms with Crippen molar-refractivity contribution in [3.8, 4) is 0 Å². The topological polar surface area (TPSA) is 380 Å². The van der Waals surface area contributed by atoms with Crippen LogP contribution in [-0.4, -0.2) is 205 Å². The Labute approximate surface area is 698 Å². The van der Waals surface area contributed by atoms with E-state index in [9.17, 15) is 74.6 Å². The predicted octanol–water partition coefficient (Wildman–Crippen LogP) is 16.9. The van der Waals surface area contributed by atoms with Crippen LogP contribution in [0.25, 0.3) is 0 Å². The summed E-state index contributed by atoms with van der Waals surface area (Å²) in [6.07, 6.45) is 28.9. The number of unbranched alkanes of at least 4 members (excludes halogenated alkanes) is 47. The zero-order valence-corrected chi connectivity index (χ0v) is 73.2. The van der Waals surface area contributed by atoms with Crippen LogP contribution in [0.3, 0.4) is 0 Å². The van der Waals surface area contributed by atoms with Gasteiger partial charge >= 0.3 is 31.7 Å². The smallest absolute Gasteiger partial charge is 0.463 e. The van der Waals surface area contributed by atoms with Crippen molar-refractivity contribution in [3.05, 3.63) is 24.3 Å². The van der Waals surface area contributed by atoms with Crippen LogP contribution in [0.1, 0.15) is 394 Å². The van der Waals surface area contributed by atoms with Crippen LogP contribution in [-0.2, 0) is 70.7 Å². The van der Waals surface area contributed by atoms with E-state index in [4.69, 9.17) is 46.9 Å². The molecule has 0 radical (unpaired) electrons. The van der Waals surface area contributed by atoms with Gasteiger partial charge in [0.05, 0.1) is 13.2 Å². The number of hydrogen-bond donors (Lipinski definition) is 10. The zero-order chi connectivity index (χ0) is 84.7. The van der Waals surface area contributed by atoms with E-state index in [0.717, 1.165) is 122 Å². The van der Waals surface area contributed by atoms with Gasteiger partial charge in [-0.3, -0.25) is 28.2 Å². The Hall–Kier alpha value is -3.05. The second kappa shape index (κ2) is 69.4. The summed E-state index contributed by atoms with van der Waals surface area (Å²) >= 11 is 0. The third-order valence-corrected chi connectivity index (χ3v) is 23.7. The van der Waals surface area contributed by atoms with E-state index in [1.807, 2.05) is 0 Å². The maximum Gasteiger partial charge on any atom is 0.472 e. The van der Waals surface area contributed by atoms with Gasteiger partial charge in [0, 0.05) is 25.7 Å². The monoisotopic (exact) mass is 1680 g/mol. The van der Waals surface area contributed by atoms with E-state index in [1.165, 1.54) is 180 Å². The lowest BCUT2D eigenvalue weighted by atomic mass is 9.84. The van der Waals surface area contributed by atoms with Gasteiger partial charge in [-0.2, -0.15) is 0 Å². The second-order valence-electron chi connectivity index (χ2n) is 33.2. The highest BCUT2D eigenvalue weighted by Gasteiger charge is 2.60. The van der Waals surface area contributed by atoms with Gasteiger partial charge in [-0.1, -0.05) is 315 Å². The first-order valence-corrected chi connectivity index (χ1v) is 48.1. The summed E-state index contributed by atoms with van der Waals surface area (Å²) in [7, 11) is -5.81. The Kier molecular flexibility index (Phi) is 64.1. The maximum absolute atomic E-state index is 14.9. The lowest BCUT2D eigenvalue weighted by molar-refractivity contribution is -0.360. The molecule has 1 saturated carbocycles. The molecule has 26 heteroatoms. The Morgan fingerprint density at radius 1 is 0.336 bits per heavy atom. The molecule has 18 unspecified atom stereocenters. The minimum absolute atomic E-state index is 0.00589. The summed E-state index contributed by atoms with van der Waals surface area (Å²) in [5, 5.41) is 102. The van der Waals surface area contributed by atoms with Crippen LogP contribution < -0.4 is 0 Å². The molecule has 2 saturated heterocycles. The van der Waals surface area contributed by atoms with Crippen LogP contribution >= 0.6 is 7.82 Å². The molecule has 0 aromatic rings. The van der Waals surface area contributed by atoms with Crippen LogP contribution in [0.2, 0.25) is 0 Å². The van der Waals surface area contributed by atoms with Crippen molar-refractivity contribution < 1.29 is 122 Å². The van der Waals surface area contributed by atoms with Crippen molar-refractivity contribution in [1.82, 2.24) is 0 Å². The number of rotatable bonds is 75. The lowest BCUT2D eigenvalue weighted by Gasteiger charge is -2.50. The molecule has 25 nitrogen and oxygen atoms in total. The molecule has 10 N–H and O–H groups in total. The molecule has 1 aliphatic carbocycles. The van der Waals surface area contributed by atoms with Crippen LogP contribution in [0.5, 0.6) is 0 Å². The Balaban J connectivity index is 1.93. The van der Waals surface area contributed by atoms with Gasteiger partial charge in [0.15, 0.2) is 24.8 Å². The van der Waals surface area contributed by atoms with Gasteiger partial charge in [0.25, 0.3) is 0 Å². The first-order valence-electron chi connectivity index (χ1n) is 46.6. The Bertz CT molecular complexity index is 2510. The van der Waals surface area contributed by atoms with E-state index in [1.54, 1.807) is 0 Å². The summed E-state index contributed by atoms with van der Waals surface area (Å²) in [6, 6.07) is 0. The number of hydrogen-bond acceptors (Lipinski definition) is 24. The molecule has 3 rings (SSSR count). The van der Waals surface area contributed by atoms with Gasteiger partial charge in [-0.25, -0.2) is 4.57 Å². The molecular formula is C90H165O25P. The molecule has 0 bridgehead atoms. The third kappa shape index (κ3) is 49.3. The zero-order valence-electron chi connectivity index (χ0n) is 72.3. The fourth-order valence-corrected chi connectivity index (χ4v) is 16.2. The summed E-state index contributed by atoms with van der Waals surface area (Å²) in [4.78, 5) is 66.4. The quantitative estimate of drug-likeness (QED) is 0.00889. The molecule has 0 aromatic carbocycles. The SMILES string of the molecule is CCCCCCCC/C=C\CCCCCC(=O)OCC(COP(=O)(O)OC1C(OC2OC(CO)C(O)C(O)C2O)C(O)C(O)C(OC(=O)CCCCCCCCCCCCCCCCCC)C1OC1OC(COC(=O)CCCCC/C=C\CCCCCCCC)C(O)C(O)C1O)OC(=O)CCCCCCCCCCCCCCCCC. The van der Waals surface area contributed by atoms with E-state index >= 15 is 0 Å². The molecule has 680 valence electrons. The second-order valence-corrected chi connectivity index (χ2v) is 34.6. The lowest BCUT2D eigenvalue weighted by Crippen LogP contribution is -2.70. The molecule has 2 heterocycles. The molecule has 0 aromatic heterocycles. The first-order chi connectivity index (χ1) is 56.2. The van der Waals surface area contributed by atoms with Gasteiger partial charge in [0.2, 0.25) is 0 Å². The minimum atomic E-state index is -5.81. The highest BCUT2D eigenvalue weighted by atomic mass is 31.2.